The maximum atomic E-state index is 11.6. The third-order valence-corrected chi connectivity index (χ3v) is 2.83. The fourth-order valence-electron chi connectivity index (χ4n) is 1.26. The fourth-order valence-corrected chi connectivity index (χ4v) is 1.26. The van der Waals surface area contributed by atoms with E-state index in [2.05, 4.69) is 31.4 Å². The molecule has 0 aliphatic carbocycles. The number of carbonyl (C=O) groups is 1. The van der Waals surface area contributed by atoms with Crippen LogP contribution in [0, 0.1) is 11.8 Å². The summed E-state index contributed by atoms with van der Waals surface area (Å²) in [5, 5.41) is 6.04. The van der Waals surface area contributed by atoms with Gasteiger partial charge in [0.1, 0.15) is 0 Å². The van der Waals surface area contributed by atoms with Gasteiger partial charge in [-0.2, -0.15) is 0 Å². The van der Waals surface area contributed by atoms with E-state index in [1.165, 1.54) is 0 Å². The van der Waals surface area contributed by atoms with Crippen LogP contribution in [0.3, 0.4) is 0 Å². The zero-order valence-electron chi connectivity index (χ0n) is 10.1. The predicted octanol–water partition coefficient (Wildman–Crippen LogP) is 1.39. The first-order valence-corrected chi connectivity index (χ1v) is 5.47. The zero-order valence-corrected chi connectivity index (χ0v) is 10.1. The van der Waals surface area contributed by atoms with E-state index in [1.54, 1.807) is 0 Å². The van der Waals surface area contributed by atoms with Crippen LogP contribution in [0.5, 0.6) is 0 Å². The normalized spacial score (nSPS) is 17.2. The molecule has 0 aliphatic rings. The Morgan fingerprint density at radius 1 is 1.29 bits per heavy atom. The van der Waals surface area contributed by atoms with Gasteiger partial charge in [-0.05, 0) is 19.9 Å². The monoisotopic (exact) mass is 200 g/mol. The number of hydrogen-bond acceptors (Lipinski definition) is 2. The van der Waals surface area contributed by atoms with Crippen LogP contribution in [0.1, 0.15) is 34.1 Å². The summed E-state index contributed by atoms with van der Waals surface area (Å²) in [7, 11) is 1.86. The van der Waals surface area contributed by atoms with Crippen molar-refractivity contribution in [2.24, 2.45) is 11.8 Å². The van der Waals surface area contributed by atoms with Gasteiger partial charge >= 0.3 is 0 Å². The van der Waals surface area contributed by atoms with E-state index in [9.17, 15) is 4.79 Å². The van der Waals surface area contributed by atoms with Gasteiger partial charge in [-0.1, -0.05) is 27.2 Å². The van der Waals surface area contributed by atoms with Crippen molar-refractivity contribution in [2.45, 2.75) is 40.2 Å². The molecule has 0 aromatic heterocycles. The summed E-state index contributed by atoms with van der Waals surface area (Å²) in [6.07, 6.45) is 1.10. The number of amides is 1. The quantitative estimate of drug-likeness (QED) is 0.680. The number of carbonyl (C=O) groups excluding carboxylic acids is 1. The van der Waals surface area contributed by atoms with Crippen LogP contribution in [-0.2, 0) is 4.79 Å². The van der Waals surface area contributed by atoms with Gasteiger partial charge in [0.2, 0.25) is 5.91 Å². The Labute approximate surface area is 87.6 Å². The molecule has 3 atom stereocenters. The molecule has 0 rings (SSSR count). The third kappa shape index (κ3) is 4.61. The van der Waals surface area contributed by atoms with Crippen molar-refractivity contribution in [2.75, 3.05) is 13.6 Å². The maximum absolute atomic E-state index is 11.6. The lowest BCUT2D eigenvalue weighted by molar-refractivity contribution is -0.125. The molecule has 3 heteroatoms. The smallest absolute Gasteiger partial charge is 0.224 e. The van der Waals surface area contributed by atoms with Crippen molar-refractivity contribution in [3.8, 4) is 0 Å². The van der Waals surface area contributed by atoms with Gasteiger partial charge in [-0.25, -0.2) is 0 Å². The van der Waals surface area contributed by atoms with Crippen molar-refractivity contribution in [1.29, 1.82) is 0 Å². The lowest BCUT2D eigenvalue weighted by Gasteiger charge is -2.22. The molecule has 0 radical (unpaired) electrons. The molecular weight excluding hydrogens is 176 g/mol. The van der Waals surface area contributed by atoms with Gasteiger partial charge in [0.25, 0.3) is 0 Å². The molecule has 3 nitrogen and oxygen atoms in total. The number of nitrogens with one attached hydrogen (secondary N) is 2. The molecule has 0 spiro atoms. The summed E-state index contributed by atoms with van der Waals surface area (Å²) in [4.78, 5) is 11.6. The minimum absolute atomic E-state index is 0.0477. The summed E-state index contributed by atoms with van der Waals surface area (Å²) in [6.45, 7) is 9.05. The summed E-state index contributed by atoms with van der Waals surface area (Å²) in [5.74, 6) is 0.736. The molecule has 14 heavy (non-hydrogen) atoms. The molecule has 0 bridgehead atoms. The summed E-state index contributed by atoms with van der Waals surface area (Å²) in [5.41, 5.74) is 0. The first-order chi connectivity index (χ1) is 6.52. The summed E-state index contributed by atoms with van der Waals surface area (Å²) in [6, 6.07) is 0.270. The molecule has 0 heterocycles. The van der Waals surface area contributed by atoms with Gasteiger partial charge in [0.15, 0.2) is 0 Å². The second-order valence-corrected chi connectivity index (χ2v) is 4.14. The largest absolute Gasteiger partial charge is 0.353 e. The molecule has 0 aromatic carbocycles. The molecule has 0 aliphatic heterocycles. The molecule has 0 fully saturated rings. The molecule has 84 valence electrons. The zero-order chi connectivity index (χ0) is 11.1. The first kappa shape index (κ1) is 13.4. The Morgan fingerprint density at radius 2 is 1.86 bits per heavy atom. The van der Waals surface area contributed by atoms with Gasteiger partial charge in [-0.15, -0.1) is 0 Å². The maximum Gasteiger partial charge on any atom is 0.224 e. The van der Waals surface area contributed by atoms with Crippen molar-refractivity contribution in [3.63, 3.8) is 0 Å². The Hall–Kier alpha value is -0.570. The average Bonchev–Trinajstić information content (AvgIpc) is 2.16. The Morgan fingerprint density at radius 3 is 2.29 bits per heavy atom. The Kier molecular flexibility index (Phi) is 6.54. The lowest BCUT2D eigenvalue weighted by Crippen LogP contribution is -2.42. The SMILES string of the molecule is CCC(C)C(C)NC(=O)C(C)CNC. The molecule has 3 unspecified atom stereocenters. The fraction of sp³-hybridized carbons (Fsp3) is 0.909. The van der Waals surface area contributed by atoms with Crippen LogP contribution in [0.2, 0.25) is 0 Å². The second kappa shape index (κ2) is 6.82. The van der Waals surface area contributed by atoms with E-state index in [1.807, 2.05) is 14.0 Å². The van der Waals surface area contributed by atoms with Crippen LogP contribution < -0.4 is 10.6 Å². The van der Waals surface area contributed by atoms with E-state index in [0.717, 1.165) is 13.0 Å². The molecule has 1 amide bonds. The van der Waals surface area contributed by atoms with Gasteiger partial charge in [0, 0.05) is 18.5 Å². The minimum Gasteiger partial charge on any atom is -0.353 e. The van der Waals surface area contributed by atoms with E-state index < -0.39 is 0 Å². The van der Waals surface area contributed by atoms with Gasteiger partial charge in [-0.3, -0.25) is 4.79 Å². The average molecular weight is 200 g/mol. The third-order valence-electron chi connectivity index (χ3n) is 2.83. The van der Waals surface area contributed by atoms with E-state index in [0.29, 0.717) is 5.92 Å². The van der Waals surface area contributed by atoms with E-state index in [-0.39, 0.29) is 17.9 Å². The van der Waals surface area contributed by atoms with Crippen molar-refractivity contribution in [1.82, 2.24) is 10.6 Å². The number of rotatable bonds is 6. The Balaban J connectivity index is 3.92. The highest BCUT2D eigenvalue weighted by Gasteiger charge is 2.17. The first-order valence-electron chi connectivity index (χ1n) is 5.47. The van der Waals surface area contributed by atoms with Crippen LogP contribution in [-0.4, -0.2) is 25.5 Å². The number of hydrogen-bond donors (Lipinski definition) is 2. The summed E-state index contributed by atoms with van der Waals surface area (Å²) >= 11 is 0. The van der Waals surface area contributed by atoms with Gasteiger partial charge < -0.3 is 10.6 Å². The lowest BCUT2D eigenvalue weighted by atomic mass is 10.00. The molecule has 2 N–H and O–H groups in total. The second-order valence-electron chi connectivity index (χ2n) is 4.14. The standard InChI is InChI=1S/C11H24N2O/c1-6-8(2)10(4)13-11(14)9(3)7-12-5/h8-10,12H,6-7H2,1-5H3,(H,13,14). The predicted molar refractivity (Wildman–Crippen MR) is 60.2 cm³/mol. The molecule has 0 saturated carbocycles. The van der Waals surface area contributed by atoms with Crippen LogP contribution in [0.25, 0.3) is 0 Å². The van der Waals surface area contributed by atoms with Crippen LogP contribution in [0.4, 0.5) is 0 Å². The van der Waals surface area contributed by atoms with Crippen LogP contribution in [0.15, 0.2) is 0 Å². The van der Waals surface area contributed by atoms with Crippen molar-refractivity contribution < 1.29 is 4.79 Å². The summed E-state index contributed by atoms with van der Waals surface area (Å²) < 4.78 is 0. The van der Waals surface area contributed by atoms with Crippen molar-refractivity contribution in [3.05, 3.63) is 0 Å². The van der Waals surface area contributed by atoms with Crippen molar-refractivity contribution >= 4 is 5.91 Å². The topological polar surface area (TPSA) is 41.1 Å². The molecular formula is C11H24N2O. The highest BCUT2D eigenvalue weighted by Crippen LogP contribution is 2.07. The van der Waals surface area contributed by atoms with E-state index in [4.69, 9.17) is 0 Å². The Bertz CT molecular complexity index is 171. The van der Waals surface area contributed by atoms with Crippen LogP contribution >= 0.6 is 0 Å². The van der Waals surface area contributed by atoms with Gasteiger partial charge in [0.05, 0.1) is 0 Å². The minimum atomic E-state index is 0.0477. The molecule has 0 saturated heterocycles. The van der Waals surface area contributed by atoms with E-state index >= 15 is 0 Å². The highest BCUT2D eigenvalue weighted by molar-refractivity contribution is 5.78. The highest BCUT2D eigenvalue weighted by atomic mass is 16.1. The molecule has 0 aromatic rings.